The third-order valence-corrected chi connectivity index (χ3v) is 1.91. The molecule has 0 bridgehead atoms. The summed E-state index contributed by atoms with van der Waals surface area (Å²) in [5.41, 5.74) is 20.2. The van der Waals surface area contributed by atoms with Gasteiger partial charge in [-0.1, -0.05) is 0 Å². The van der Waals surface area contributed by atoms with Crippen LogP contribution in [0.1, 0.15) is 19.3 Å². The Balaban J connectivity index is 0. The van der Waals surface area contributed by atoms with E-state index in [1.54, 1.807) is 6.07 Å². The molecule has 10 heteroatoms. The van der Waals surface area contributed by atoms with Crippen molar-refractivity contribution in [2.45, 2.75) is 31.3 Å². The van der Waals surface area contributed by atoms with Gasteiger partial charge in [0.25, 0.3) is 0 Å². The van der Waals surface area contributed by atoms with Crippen LogP contribution in [0.3, 0.4) is 0 Å². The van der Waals surface area contributed by atoms with Gasteiger partial charge in [0, 0.05) is 6.54 Å². The van der Waals surface area contributed by atoms with Crippen molar-refractivity contribution in [2.24, 2.45) is 27.9 Å². The quantitative estimate of drug-likeness (QED) is 0.169. The minimum atomic E-state index is -1.13. The first-order valence-electron chi connectivity index (χ1n) is 5.61. The highest BCUT2D eigenvalue weighted by molar-refractivity contribution is 5.75. The maximum Gasteiger partial charge on any atom is 0.321 e. The molecule has 0 saturated carbocycles. The molecule has 0 fully saturated rings. The average molecular weight is 288 g/mol. The molecular formula is C10H20N6O4. The van der Waals surface area contributed by atoms with Crippen molar-refractivity contribution in [2.75, 3.05) is 6.54 Å². The number of aliphatic imine (C=N–C) groups is 1. The van der Waals surface area contributed by atoms with Crippen molar-refractivity contribution in [3.63, 3.8) is 0 Å². The summed E-state index contributed by atoms with van der Waals surface area (Å²) in [6.45, 7) is 0.420. The van der Waals surface area contributed by atoms with E-state index in [0.717, 1.165) is 0 Å². The number of carbonyl (C=O) groups is 2. The molecule has 0 aromatic carbocycles. The van der Waals surface area contributed by atoms with Crippen LogP contribution in [0.15, 0.2) is 4.99 Å². The van der Waals surface area contributed by atoms with Crippen molar-refractivity contribution < 1.29 is 19.8 Å². The first-order valence-corrected chi connectivity index (χ1v) is 5.61. The number of hydrogen-bond acceptors (Lipinski definition) is 6. The molecule has 114 valence electrons. The lowest BCUT2D eigenvalue weighted by Crippen LogP contribution is -2.30. The third-order valence-electron chi connectivity index (χ3n) is 1.91. The van der Waals surface area contributed by atoms with E-state index in [0.29, 0.717) is 19.4 Å². The molecule has 0 aromatic rings. The van der Waals surface area contributed by atoms with Crippen molar-refractivity contribution >= 4 is 17.9 Å². The summed E-state index contributed by atoms with van der Waals surface area (Å²) in [5, 5.41) is 24.3. The Kier molecular flexibility index (Phi) is 11.7. The molecule has 0 rings (SSSR count). The second-order valence-corrected chi connectivity index (χ2v) is 3.70. The zero-order chi connectivity index (χ0) is 16.1. The van der Waals surface area contributed by atoms with Crippen LogP contribution in [0.4, 0.5) is 0 Å². The maximum absolute atomic E-state index is 10.2. The Morgan fingerprint density at radius 1 is 1.15 bits per heavy atom. The zero-order valence-electron chi connectivity index (χ0n) is 10.9. The van der Waals surface area contributed by atoms with Crippen LogP contribution in [0.25, 0.3) is 0 Å². The number of nitrogens with zero attached hydrogens (tertiary/aromatic N) is 2. The predicted octanol–water partition coefficient (Wildman–Crippen LogP) is -2.24. The minimum absolute atomic E-state index is 0.0129. The molecule has 20 heavy (non-hydrogen) atoms. The van der Waals surface area contributed by atoms with Gasteiger partial charge in [-0.3, -0.25) is 14.6 Å². The SMILES string of the molecule is N#CCC(N)C(=O)O.NC(N)=NCCCC(N)C(=O)O. The number of nitrogens with two attached hydrogens (primary N) is 4. The predicted molar refractivity (Wildman–Crippen MR) is 71.4 cm³/mol. The molecule has 0 aliphatic heterocycles. The summed E-state index contributed by atoms with van der Waals surface area (Å²) in [5.74, 6) is -2.12. The molecule has 0 aliphatic rings. The average Bonchev–Trinajstić information content (AvgIpc) is 2.34. The van der Waals surface area contributed by atoms with Gasteiger partial charge in [-0.15, -0.1) is 0 Å². The van der Waals surface area contributed by atoms with Crippen LogP contribution >= 0.6 is 0 Å². The van der Waals surface area contributed by atoms with E-state index < -0.39 is 24.0 Å². The number of nitriles is 1. The molecule has 0 radical (unpaired) electrons. The van der Waals surface area contributed by atoms with Gasteiger partial charge in [0.1, 0.15) is 12.1 Å². The number of carboxylic acid groups (broad SMARTS) is 2. The first-order chi connectivity index (χ1) is 9.22. The third kappa shape index (κ3) is 13.7. The lowest BCUT2D eigenvalue weighted by atomic mass is 10.2. The van der Waals surface area contributed by atoms with Gasteiger partial charge in [0.05, 0.1) is 12.5 Å². The molecule has 10 N–H and O–H groups in total. The fraction of sp³-hybridized carbons (Fsp3) is 0.600. The van der Waals surface area contributed by atoms with Gasteiger partial charge >= 0.3 is 11.9 Å². The van der Waals surface area contributed by atoms with Crippen LogP contribution in [0, 0.1) is 11.3 Å². The Morgan fingerprint density at radius 2 is 1.65 bits per heavy atom. The van der Waals surface area contributed by atoms with E-state index in [4.69, 9.17) is 38.4 Å². The van der Waals surface area contributed by atoms with Crippen molar-refractivity contribution in [3.05, 3.63) is 0 Å². The summed E-state index contributed by atoms with van der Waals surface area (Å²) in [6.07, 6.45) is 0.826. The highest BCUT2D eigenvalue weighted by atomic mass is 16.4. The van der Waals surface area contributed by atoms with Gasteiger partial charge < -0.3 is 33.1 Å². The molecule has 2 atom stereocenters. The fourth-order valence-corrected chi connectivity index (χ4v) is 0.828. The summed E-state index contributed by atoms with van der Waals surface area (Å²) in [4.78, 5) is 23.7. The van der Waals surface area contributed by atoms with Crippen LogP contribution in [-0.2, 0) is 9.59 Å². The zero-order valence-corrected chi connectivity index (χ0v) is 10.9. The smallest absolute Gasteiger partial charge is 0.321 e. The molecule has 0 heterocycles. The Morgan fingerprint density at radius 3 is 1.95 bits per heavy atom. The second kappa shape index (κ2) is 11.7. The second-order valence-electron chi connectivity index (χ2n) is 3.70. The Bertz CT molecular complexity index is 374. The van der Waals surface area contributed by atoms with Crippen LogP contribution in [0.5, 0.6) is 0 Å². The van der Waals surface area contributed by atoms with Crippen LogP contribution in [0.2, 0.25) is 0 Å². The molecule has 0 amide bonds. The van der Waals surface area contributed by atoms with Crippen LogP contribution in [-0.4, -0.2) is 46.7 Å². The maximum atomic E-state index is 10.2. The lowest BCUT2D eigenvalue weighted by Gasteiger charge is -2.03. The number of carboxylic acids is 2. The van der Waals surface area contributed by atoms with Crippen molar-refractivity contribution in [3.8, 4) is 6.07 Å². The highest BCUT2D eigenvalue weighted by Gasteiger charge is 2.09. The van der Waals surface area contributed by atoms with E-state index in [-0.39, 0.29) is 12.4 Å². The van der Waals surface area contributed by atoms with Crippen molar-refractivity contribution in [1.82, 2.24) is 0 Å². The van der Waals surface area contributed by atoms with Gasteiger partial charge in [0.2, 0.25) is 0 Å². The first kappa shape index (κ1) is 19.9. The summed E-state index contributed by atoms with van der Waals surface area (Å²) < 4.78 is 0. The van der Waals surface area contributed by atoms with E-state index in [1.807, 2.05) is 0 Å². The monoisotopic (exact) mass is 288 g/mol. The summed E-state index contributed by atoms with van der Waals surface area (Å²) >= 11 is 0. The van der Waals surface area contributed by atoms with Gasteiger partial charge in [-0.25, -0.2) is 0 Å². The normalized spacial score (nSPS) is 12.1. The highest BCUT2D eigenvalue weighted by Crippen LogP contribution is 1.94. The van der Waals surface area contributed by atoms with E-state index in [9.17, 15) is 9.59 Å². The summed E-state index contributed by atoms with van der Waals surface area (Å²) in [6, 6.07) is -0.205. The van der Waals surface area contributed by atoms with E-state index in [1.165, 1.54) is 0 Å². The molecule has 0 aromatic heterocycles. The largest absolute Gasteiger partial charge is 0.480 e. The minimum Gasteiger partial charge on any atom is -0.480 e. The molecule has 10 nitrogen and oxygen atoms in total. The Hall–Kier alpha value is -2.38. The molecule has 0 spiro atoms. The summed E-state index contributed by atoms with van der Waals surface area (Å²) in [7, 11) is 0. The number of rotatable bonds is 7. The standard InChI is InChI=1S/C6H14N4O2.C4H6N2O2/c7-4(5(11)12)2-1-3-10-6(8)9;5-2-1-3(6)4(7)8/h4H,1-3,7H2,(H,11,12)(H4,8,9,10);3H,1,6H2,(H,7,8). The topological polar surface area (TPSA) is 215 Å². The molecule has 2 unspecified atom stereocenters. The van der Waals surface area contributed by atoms with Gasteiger partial charge in [-0.2, -0.15) is 5.26 Å². The number of guanidine groups is 1. The van der Waals surface area contributed by atoms with Crippen LogP contribution < -0.4 is 22.9 Å². The molecular weight excluding hydrogens is 268 g/mol. The van der Waals surface area contributed by atoms with E-state index in [2.05, 4.69) is 4.99 Å². The van der Waals surface area contributed by atoms with Crippen molar-refractivity contribution in [1.29, 1.82) is 5.26 Å². The lowest BCUT2D eigenvalue weighted by molar-refractivity contribution is -0.139. The number of hydrogen-bond donors (Lipinski definition) is 6. The molecule has 0 aliphatic carbocycles. The molecule has 0 saturated heterocycles. The van der Waals surface area contributed by atoms with Gasteiger partial charge in [0.15, 0.2) is 5.96 Å². The Labute approximate surface area is 116 Å². The number of aliphatic carboxylic acids is 2. The van der Waals surface area contributed by atoms with Gasteiger partial charge in [-0.05, 0) is 12.8 Å². The fourth-order valence-electron chi connectivity index (χ4n) is 0.828. The van der Waals surface area contributed by atoms with E-state index >= 15 is 0 Å².